The molecule has 76 valence electrons. The van der Waals surface area contributed by atoms with E-state index in [0.717, 1.165) is 18.4 Å². The molecule has 0 spiro atoms. The lowest BCUT2D eigenvalue weighted by Crippen LogP contribution is -1.99. The monoisotopic (exact) mass is 210 g/mol. The van der Waals surface area contributed by atoms with Crippen molar-refractivity contribution in [3.05, 3.63) is 35.4 Å². The van der Waals surface area contributed by atoms with E-state index in [2.05, 4.69) is 6.92 Å². The molecule has 1 nitrogen and oxygen atoms in total. The number of Topliss-reactive ketones (excluding diaryl/α,β-unsaturated/α-hetero) is 1. The second kappa shape index (κ2) is 5.82. The fraction of sp³-hybridized carbons (Fsp3) is 0.417. The molecule has 1 aromatic carbocycles. The fourth-order valence-corrected chi connectivity index (χ4v) is 1.43. The van der Waals surface area contributed by atoms with Gasteiger partial charge in [0.05, 0.1) is 0 Å². The minimum atomic E-state index is 0.188. The van der Waals surface area contributed by atoms with E-state index in [-0.39, 0.29) is 5.78 Å². The molecule has 0 aromatic heterocycles. The van der Waals surface area contributed by atoms with Crippen LogP contribution in [0, 0.1) is 0 Å². The predicted octanol–water partition coefficient (Wildman–Crippen LogP) is 3.45. The second-order valence-electron chi connectivity index (χ2n) is 3.27. The quantitative estimate of drug-likeness (QED) is 0.538. The molecule has 0 atom stereocenters. The van der Waals surface area contributed by atoms with Crippen LogP contribution in [0.3, 0.4) is 0 Å². The highest BCUT2D eigenvalue weighted by atomic mass is 35.5. The van der Waals surface area contributed by atoms with Gasteiger partial charge in [0.25, 0.3) is 0 Å². The van der Waals surface area contributed by atoms with Crippen molar-refractivity contribution in [3.8, 4) is 0 Å². The Kier molecular flexibility index (Phi) is 4.68. The van der Waals surface area contributed by atoms with Crippen LogP contribution in [0.5, 0.6) is 0 Å². The Bertz CT molecular complexity index is 290. The Hall–Kier alpha value is -0.820. The van der Waals surface area contributed by atoms with Crippen LogP contribution in [0.4, 0.5) is 0 Å². The molecule has 1 aromatic rings. The Morgan fingerprint density at radius 2 is 1.93 bits per heavy atom. The molecule has 14 heavy (non-hydrogen) atoms. The number of hydrogen-bond acceptors (Lipinski definition) is 1. The van der Waals surface area contributed by atoms with Crippen LogP contribution in [0.25, 0.3) is 0 Å². The lowest BCUT2D eigenvalue weighted by atomic mass is 10.0. The summed E-state index contributed by atoms with van der Waals surface area (Å²) in [6.07, 6.45) is 2.32. The Morgan fingerprint density at radius 1 is 1.29 bits per heavy atom. The normalized spacial score (nSPS) is 10.1. The van der Waals surface area contributed by atoms with E-state index in [4.69, 9.17) is 11.6 Å². The molecule has 2 heteroatoms. The minimum Gasteiger partial charge on any atom is -0.294 e. The third kappa shape index (κ3) is 3.15. The summed E-state index contributed by atoms with van der Waals surface area (Å²) in [5, 5.41) is 0. The molecular weight excluding hydrogens is 196 g/mol. The standard InChI is InChI=1S/C12H15ClO/c1-2-10-5-7-11(8-6-10)12(14)4-3-9-13/h5-8H,2-4,9H2,1H3. The van der Waals surface area contributed by atoms with Crippen molar-refractivity contribution in [2.75, 3.05) is 5.88 Å². The summed E-state index contributed by atoms with van der Waals surface area (Å²) in [4.78, 5) is 11.5. The van der Waals surface area contributed by atoms with E-state index in [0.29, 0.717) is 12.3 Å². The number of ketones is 1. The van der Waals surface area contributed by atoms with Crippen LogP contribution >= 0.6 is 11.6 Å². The van der Waals surface area contributed by atoms with Crippen LogP contribution in [0.15, 0.2) is 24.3 Å². The summed E-state index contributed by atoms with van der Waals surface area (Å²) < 4.78 is 0. The number of rotatable bonds is 5. The largest absolute Gasteiger partial charge is 0.294 e. The molecule has 1 rings (SSSR count). The van der Waals surface area contributed by atoms with Crippen molar-refractivity contribution >= 4 is 17.4 Å². The molecule has 0 aliphatic heterocycles. The average Bonchev–Trinajstić information content (AvgIpc) is 2.26. The highest BCUT2D eigenvalue weighted by Gasteiger charge is 2.04. The zero-order valence-electron chi connectivity index (χ0n) is 8.42. The SMILES string of the molecule is CCc1ccc(C(=O)CCCCl)cc1. The topological polar surface area (TPSA) is 17.1 Å². The molecule has 0 aliphatic rings. The zero-order chi connectivity index (χ0) is 10.4. The van der Waals surface area contributed by atoms with Gasteiger partial charge in [-0.25, -0.2) is 0 Å². The van der Waals surface area contributed by atoms with Crippen molar-refractivity contribution in [3.63, 3.8) is 0 Å². The van der Waals surface area contributed by atoms with Crippen molar-refractivity contribution in [2.45, 2.75) is 26.2 Å². The lowest BCUT2D eigenvalue weighted by Gasteiger charge is -2.01. The van der Waals surface area contributed by atoms with E-state index in [1.165, 1.54) is 5.56 Å². The second-order valence-corrected chi connectivity index (χ2v) is 3.64. The minimum absolute atomic E-state index is 0.188. The van der Waals surface area contributed by atoms with Gasteiger partial charge in [0.1, 0.15) is 0 Å². The molecule has 0 saturated carbocycles. The smallest absolute Gasteiger partial charge is 0.162 e. The summed E-state index contributed by atoms with van der Waals surface area (Å²) >= 11 is 5.53. The van der Waals surface area contributed by atoms with Gasteiger partial charge in [0.15, 0.2) is 5.78 Å². The summed E-state index contributed by atoms with van der Waals surface area (Å²) in [6.45, 7) is 2.10. The summed E-state index contributed by atoms with van der Waals surface area (Å²) in [7, 11) is 0. The molecular formula is C12H15ClO. The van der Waals surface area contributed by atoms with E-state index in [9.17, 15) is 4.79 Å². The first kappa shape index (κ1) is 11.3. The van der Waals surface area contributed by atoms with Crippen LogP contribution in [-0.4, -0.2) is 11.7 Å². The molecule has 0 unspecified atom stereocenters. The Morgan fingerprint density at radius 3 is 2.43 bits per heavy atom. The molecule has 0 heterocycles. The molecule has 0 saturated heterocycles. The Balaban J connectivity index is 2.62. The predicted molar refractivity (Wildman–Crippen MR) is 60.1 cm³/mol. The maximum atomic E-state index is 11.5. The number of alkyl halides is 1. The zero-order valence-corrected chi connectivity index (χ0v) is 9.18. The van der Waals surface area contributed by atoms with Crippen molar-refractivity contribution in [2.24, 2.45) is 0 Å². The van der Waals surface area contributed by atoms with Crippen LogP contribution in [0.1, 0.15) is 35.7 Å². The maximum absolute atomic E-state index is 11.5. The summed E-state index contributed by atoms with van der Waals surface area (Å²) in [5.74, 6) is 0.743. The van der Waals surface area contributed by atoms with Crippen LogP contribution < -0.4 is 0 Å². The van der Waals surface area contributed by atoms with E-state index in [1.807, 2.05) is 24.3 Å². The summed E-state index contributed by atoms with van der Waals surface area (Å²) in [6, 6.07) is 7.81. The molecule has 0 radical (unpaired) electrons. The maximum Gasteiger partial charge on any atom is 0.162 e. The molecule has 0 bridgehead atoms. The van der Waals surface area contributed by atoms with Crippen LogP contribution in [0.2, 0.25) is 0 Å². The van der Waals surface area contributed by atoms with Gasteiger partial charge in [-0.15, -0.1) is 11.6 Å². The lowest BCUT2D eigenvalue weighted by molar-refractivity contribution is 0.0982. The first-order valence-corrected chi connectivity index (χ1v) is 5.49. The fourth-order valence-electron chi connectivity index (χ4n) is 1.30. The molecule has 0 amide bonds. The van der Waals surface area contributed by atoms with Crippen molar-refractivity contribution in [1.29, 1.82) is 0 Å². The van der Waals surface area contributed by atoms with Crippen molar-refractivity contribution in [1.82, 2.24) is 0 Å². The van der Waals surface area contributed by atoms with Gasteiger partial charge < -0.3 is 0 Å². The van der Waals surface area contributed by atoms with Gasteiger partial charge in [0, 0.05) is 17.9 Å². The van der Waals surface area contributed by atoms with Gasteiger partial charge in [-0.2, -0.15) is 0 Å². The van der Waals surface area contributed by atoms with Gasteiger partial charge >= 0.3 is 0 Å². The van der Waals surface area contributed by atoms with Gasteiger partial charge in [-0.05, 0) is 18.4 Å². The number of carbonyl (C=O) groups excluding carboxylic acids is 1. The van der Waals surface area contributed by atoms with E-state index < -0.39 is 0 Å². The number of halogens is 1. The van der Waals surface area contributed by atoms with Gasteiger partial charge in [-0.1, -0.05) is 31.2 Å². The molecule has 0 N–H and O–H groups in total. The first-order chi connectivity index (χ1) is 6.77. The third-order valence-corrected chi connectivity index (χ3v) is 2.49. The molecule has 0 fully saturated rings. The van der Waals surface area contributed by atoms with E-state index >= 15 is 0 Å². The Labute approximate surface area is 90.1 Å². The third-order valence-electron chi connectivity index (χ3n) is 2.22. The highest BCUT2D eigenvalue weighted by molar-refractivity contribution is 6.18. The number of benzene rings is 1. The van der Waals surface area contributed by atoms with E-state index in [1.54, 1.807) is 0 Å². The first-order valence-electron chi connectivity index (χ1n) is 4.96. The van der Waals surface area contributed by atoms with Gasteiger partial charge in [-0.3, -0.25) is 4.79 Å². The van der Waals surface area contributed by atoms with Crippen LogP contribution in [-0.2, 0) is 6.42 Å². The number of aryl methyl sites for hydroxylation is 1. The number of carbonyl (C=O) groups is 1. The highest BCUT2D eigenvalue weighted by Crippen LogP contribution is 2.08. The molecule has 0 aliphatic carbocycles. The van der Waals surface area contributed by atoms with Crippen molar-refractivity contribution < 1.29 is 4.79 Å². The number of hydrogen-bond donors (Lipinski definition) is 0. The average molecular weight is 211 g/mol. The van der Waals surface area contributed by atoms with Gasteiger partial charge in [0.2, 0.25) is 0 Å². The summed E-state index contributed by atoms with van der Waals surface area (Å²) in [5.41, 5.74) is 2.06.